The number of carbonyl (C=O) groups excluding carboxylic acids is 1. The number of amides is 1. The number of anilines is 1. The van der Waals surface area contributed by atoms with Crippen LogP contribution < -0.4 is 10.1 Å². The maximum absolute atomic E-state index is 13.2. The number of methoxy groups -OCH3 is 1. The van der Waals surface area contributed by atoms with Crippen LogP contribution in [0.3, 0.4) is 0 Å². The van der Waals surface area contributed by atoms with Gasteiger partial charge in [0.2, 0.25) is 0 Å². The van der Waals surface area contributed by atoms with Crippen molar-refractivity contribution in [1.29, 1.82) is 0 Å². The number of rotatable bonds is 6. The van der Waals surface area contributed by atoms with Crippen molar-refractivity contribution in [1.82, 2.24) is 0 Å². The van der Waals surface area contributed by atoms with Gasteiger partial charge in [0.15, 0.2) is 5.75 Å². The lowest BCUT2D eigenvalue weighted by Gasteiger charge is -2.13. The summed E-state index contributed by atoms with van der Waals surface area (Å²) >= 11 is 12.0. The number of azo groups is 1. The Kier molecular flexibility index (Phi) is 7.37. The molecule has 0 atom stereocenters. The maximum Gasteiger partial charge on any atom is 0.296 e. The normalized spacial score (nSPS) is 11.7. The van der Waals surface area contributed by atoms with E-state index in [4.69, 9.17) is 27.9 Å². The molecule has 37 heavy (non-hydrogen) atoms. The Hall–Kier alpha value is -3.70. The van der Waals surface area contributed by atoms with Gasteiger partial charge in [-0.3, -0.25) is 9.35 Å². The summed E-state index contributed by atoms with van der Waals surface area (Å²) in [6.45, 7) is 1.54. The van der Waals surface area contributed by atoms with E-state index in [9.17, 15) is 22.9 Å². The molecular weight excluding hydrogens is 541 g/mol. The van der Waals surface area contributed by atoms with Crippen molar-refractivity contribution in [2.45, 2.75) is 11.8 Å². The quantitative estimate of drug-likeness (QED) is 0.170. The Balaban J connectivity index is 1.81. The van der Waals surface area contributed by atoms with Crippen molar-refractivity contribution in [3.05, 3.63) is 81.8 Å². The number of aromatic hydroxyl groups is 1. The van der Waals surface area contributed by atoms with Gasteiger partial charge in [0.1, 0.15) is 16.3 Å². The Labute approximate surface area is 222 Å². The first kappa shape index (κ1) is 26.4. The number of ether oxygens (including phenoxy) is 1. The smallest absolute Gasteiger partial charge is 0.296 e. The summed E-state index contributed by atoms with van der Waals surface area (Å²) in [4.78, 5) is 12.6. The zero-order valence-electron chi connectivity index (χ0n) is 19.4. The SMILES string of the molecule is COc1cc(Cl)ccc1NC(=O)c1cc2ccccc2c(N=Nc2cc(C)c(Cl)c(S(=O)(=O)O)c2)c1O. The van der Waals surface area contributed by atoms with E-state index in [1.807, 2.05) is 0 Å². The third-order valence-electron chi connectivity index (χ3n) is 5.40. The largest absolute Gasteiger partial charge is 0.505 e. The lowest BCUT2D eigenvalue weighted by atomic mass is 10.0. The standard InChI is InChI=1S/C25H19Cl2N3O6S/c1-13-9-16(12-21(22(13)27)37(33,34)35)29-30-23-17-6-4-3-5-14(17)10-18(24(23)31)25(32)28-19-8-7-15(26)11-20(19)36-2/h3-12,31H,1-2H3,(H,28,32)(H,33,34,35). The molecule has 1 amide bonds. The molecule has 3 N–H and O–H groups in total. The van der Waals surface area contributed by atoms with Gasteiger partial charge in [-0.25, -0.2) is 0 Å². The number of carbonyl (C=O) groups is 1. The Morgan fingerprint density at radius 3 is 2.46 bits per heavy atom. The molecule has 0 aliphatic carbocycles. The van der Waals surface area contributed by atoms with Gasteiger partial charge < -0.3 is 15.2 Å². The molecule has 0 bridgehead atoms. The topological polar surface area (TPSA) is 138 Å². The number of phenols is 1. The summed E-state index contributed by atoms with van der Waals surface area (Å²) in [5.41, 5.74) is 0.619. The fourth-order valence-corrected chi connectivity index (χ4v) is 4.84. The minimum absolute atomic E-state index is 0.0210. The molecule has 4 aromatic rings. The van der Waals surface area contributed by atoms with Crippen LogP contribution >= 0.6 is 23.2 Å². The number of nitrogens with zero attached hydrogens (tertiary/aromatic N) is 2. The van der Waals surface area contributed by atoms with Crippen molar-refractivity contribution < 1.29 is 27.6 Å². The fraction of sp³-hybridized carbons (Fsp3) is 0.0800. The van der Waals surface area contributed by atoms with E-state index in [-0.39, 0.29) is 22.0 Å². The van der Waals surface area contributed by atoms with E-state index in [0.717, 1.165) is 6.07 Å². The average molecular weight is 560 g/mol. The van der Waals surface area contributed by atoms with Gasteiger partial charge in [-0.15, -0.1) is 5.11 Å². The van der Waals surface area contributed by atoms with E-state index < -0.39 is 26.7 Å². The molecule has 0 saturated carbocycles. The van der Waals surface area contributed by atoms with Gasteiger partial charge in [0, 0.05) is 16.5 Å². The molecule has 0 aliphatic rings. The van der Waals surface area contributed by atoms with Gasteiger partial charge in [-0.2, -0.15) is 13.5 Å². The highest BCUT2D eigenvalue weighted by Crippen LogP contribution is 2.40. The number of halogens is 2. The van der Waals surface area contributed by atoms with Gasteiger partial charge in [-0.05, 0) is 48.2 Å². The molecule has 0 aromatic heterocycles. The second kappa shape index (κ2) is 10.3. The van der Waals surface area contributed by atoms with Crippen molar-refractivity contribution in [2.24, 2.45) is 10.2 Å². The Morgan fingerprint density at radius 1 is 1.03 bits per heavy atom. The number of fused-ring (bicyclic) bond motifs is 1. The zero-order chi connectivity index (χ0) is 26.9. The molecule has 0 spiro atoms. The second-order valence-electron chi connectivity index (χ2n) is 7.89. The van der Waals surface area contributed by atoms with Crippen molar-refractivity contribution in [3.8, 4) is 11.5 Å². The predicted molar refractivity (Wildman–Crippen MR) is 142 cm³/mol. The highest BCUT2D eigenvalue weighted by Gasteiger charge is 2.21. The number of hydrogen-bond acceptors (Lipinski definition) is 7. The molecule has 4 rings (SSSR count). The summed E-state index contributed by atoms with van der Waals surface area (Å²) < 4.78 is 38.1. The third-order valence-corrected chi connectivity index (χ3v) is 7.13. The van der Waals surface area contributed by atoms with E-state index in [2.05, 4.69) is 15.5 Å². The van der Waals surface area contributed by atoms with Crippen LogP contribution in [0.4, 0.5) is 17.1 Å². The number of benzene rings is 4. The minimum atomic E-state index is -4.61. The molecule has 4 aromatic carbocycles. The molecule has 0 saturated heterocycles. The highest BCUT2D eigenvalue weighted by molar-refractivity contribution is 7.86. The number of aryl methyl sites for hydroxylation is 1. The van der Waals surface area contributed by atoms with E-state index in [1.165, 1.54) is 25.3 Å². The third kappa shape index (κ3) is 5.52. The van der Waals surface area contributed by atoms with Crippen molar-refractivity contribution in [2.75, 3.05) is 12.4 Å². The van der Waals surface area contributed by atoms with Crippen LogP contribution in [0.25, 0.3) is 10.8 Å². The van der Waals surface area contributed by atoms with Crippen LogP contribution in [0.5, 0.6) is 11.5 Å². The summed E-state index contributed by atoms with van der Waals surface area (Å²) in [7, 11) is -3.19. The monoisotopic (exact) mass is 559 g/mol. The molecule has 0 aliphatic heterocycles. The Morgan fingerprint density at radius 2 is 1.76 bits per heavy atom. The van der Waals surface area contributed by atoms with E-state index >= 15 is 0 Å². The van der Waals surface area contributed by atoms with Crippen LogP contribution in [0, 0.1) is 6.92 Å². The first-order valence-electron chi connectivity index (χ1n) is 10.6. The molecule has 0 fully saturated rings. The molecular formula is C25H19Cl2N3O6S. The molecule has 0 radical (unpaired) electrons. The van der Waals surface area contributed by atoms with E-state index in [1.54, 1.807) is 43.3 Å². The molecule has 0 unspecified atom stereocenters. The number of phenolic OH excluding ortho intramolecular Hbond substituents is 1. The van der Waals surface area contributed by atoms with Crippen LogP contribution in [0.15, 0.2) is 75.8 Å². The van der Waals surface area contributed by atoms with Crippen molar-refractivity contribution in [3.63, 3.8) is 0 Å². The summed E-state index contributed by atoms with van der Waals surface area (Å²) in [5.74, 6) is -0.765. The maximum atomic E-state index is 13.2. The molecule has 12 heteroatoms. The van der Waals surface area contributed by atoms with Crippen LogP contribution in [0.1, 0.15) is 15.9 Å². The predicted octanol–water partition coefficient (Wildman–Crippen LogP) is 7.08. The molecule has 190 valence electrons. The van der Waals surface area contributed by atoms with Crippen LogP contribution in [0.2, 0.25) is 10.0 Å². The van der Waals surface area contributed by atoms with Gasteiger partial charge in [0.05, 0.1) is 29.1 Å². The van der Waals surface area contributed by atoms with Crippen LogP contribution in [-0.2, 0) is 10.1 Å². The van der Waals surface area contributed by atoms with Crippen LogP contribution in [-0.4, -0.2) is 31.1 Å². The zero-order valence-corrected chi connectivity index (χ0v) is 21.7. The average Bonchev–Trinajstić information content (AvgIpc) is 2.85. The van der Waals surface area contributed by atoms with Gasteiger partial charge in [0.25, 0.3) is 16.0 Å². The summed E-state index contributed by atoms with van der Waals surface area (Å²) in [6.07, 6.45) is 0. The number of hydrogen-bond donors (Lipinski definition) is 3. The Bertz CT molecular complexity index is 1690. The molecule has 9 nitrogen and oxygen atoms in total. The van der Waals surface area contributed by atoms with E-state index in [0.29, 0.717) is 32.8 Å². The summed E-state index contributed by atoms with van der Waals surface area (Å²) in [6, 6.07) is 15.6. The van der Waals surface area contributed by atoms with Gasteiger partial charge >= 0.3 is 0 Å². The van der Waals surface area contributed by atoms with Gasteiger partial charge in [-0.1, -0.05) is 47.5 Å². The lowest BCUT2D eigenvalue weighted by Crippen LogP contribution is -2.13. The summed E-state index contributed by atoms with van der Waals surface area (Å²) in [5, 5.41) is 23.3. The highest BCUT2D eigenvalue weighted by atomic mass is 35.5. The minimum Gasteiger partial charge on any atom is -0.505 e. The number of nitrogens with one attached hydrogen (secondary N) is 1. The first-order valence-corrected chi connectivity index (χ1v) is 12.8. The lowest BCUT2D eigenvalue weighted by molar-refractivity contribution is 0.102. The molecule has 0 heterocycles. The van der Waals surface area contributed by atoms with Crippen molar-refractivity contribution >= 4 is 67.1 Å². The fourth-order valence-electron chi connectivity index (χ4n) is 3.62. The second-order valence-corrected chi connectivity index (χ2v) is 10.1. The first-order chi connectivity index (χ1) is 17.5.